The first-order valence-electron chi connectivity index (χ1n) is 7.61. The van der Waals surface area contributed by atoms with Crippen molar-refractivity contribution in [1.29, 1.82) is 0 Å². The summed E-state index contributed by atoms with van der Waals surface area (Å²) in [4.78, 5) is 28.9. The van der Waals surface area contributed by atoms with Gasteiger partial charge in [-0.05, 0) is 35.9 Å². The highest BCUT2D eigenvalue weighted by Gasteiger charge is 2.09. The Morgan fingerprint density at radius 2 is 2.12 bits per heavy atom. The first kappa shape index (κ1) is 17.2. The van der Waals surface area contributed by atoms with Crippen LogP contribution in [0, 0.1) is 0 Å². The minimum atomic E-state index is -0.263. The molecular weight excluding hydrogens is 386 g/mol. The van der Waals surface area contributed by atoms with E-state index in [9.17, 15) is 9.59 Å². The summed E-state index contributed by atoms with van der Waals surface area (Å²) in [6.07, 6.45) is 1.39. The van der Waals surface area contributed by atoms with Gasteiger partial charge < -0.3 is 10.1 Å². The lowest BCUT2D eigenvalue weighted by atomic mass is 10.2. The van der Waals surface area contributed by atoms with Crippen molar-refractivity contribution in [1.82, 2.24) is 14.9 Å². The van der Waals surface area contributed by atoms with Crippen molar-refractivity contribution in [2.24, 2.45) is 0 Å². The van der Waals surface area contributed by atoms with E-state index < -0.39 is 0 Å². The summed E-state index contributed by atoms with van der Waals surface area (Å²) in [6, 6.07) is 12.7. The van der Waals surface area contributed by atoms with Gasteiger partial charge in [0, 0.05) is 11.0 Å². The zero-order valence-electron chi connectivity index (χ0n) is 13.5. The fraction of sp³-hybridized carbons (Fsp3) is 0.167. The van der Waals surface area contributed by atoms with Crippen molar-refractivity contribution in [2.75, 3.05) is 7.11 Å². The lowest BCUT2D eigenvalue weighted by Gasteiger charge is -2.09. The molecular formula is C18H16BrN3O3. The summed E-state index contributed by atoms with van der Waals surface area (Å²) < 4.78 is 7.25. The molecule has 1 heterocycles. The lowest BCUT2D eigenvalue weighted by Crippen LogP contribution is -2.32. The molecule has 25 heavy (non-hydrogen) atoms. The zero-order valence-corrected chi connectivity index (χ0v) is 15.1. The van der Waals surface area contributed by atoms with Crippen molar-refractivity contribution in [3.05, 3.63) is 69.2 Å². The highest BCUT2D eigenvalue weighted by molar-refractivity contribution is 9.10. The number of nitrogens with zero attached hydrogens (tertiary/aromatic N) is 2. The van der Waals surface area contributed by atoms with E-state index in [0.717, 1.165) is 15.8 Å². The van der Waals surface area contributed by atoms with E-state index in [1.165, 1.54) is 10.9 Å². The minimum Gasteiger partial charge on any atom is -0.497 e. The monoisotopic (exact) mass is 401 g/mol. The van der Waals surface area contributed by atoms with E-state index in [0.29, 0.717) is 17.4 Å². The van der Waals surface area contributed by atoms with Crippen LogP contribution >= 0.6 is 15.9 Å². The Morgan fingerprint density at radius 1 is 1.28 bits per heavy atom. The molecule has 0 unspecified atom stereocenters. The second-order valence-corrected chi connectivity index (χ2v) is 6.38. The third kappa shape index (κ3) is 4.06. The molecule has 0 aliphatic heterocycles. The first-order chi connectivity index (χ1) is 12.1. The molecule has 0 fully saturated rings. The third-order valence-electron chi connectivity index (χ3n) is 3.72. The lowest BCUT2D eigenvalue weighted by molar-refractivity contribution is -0.121. The predicted octanol–water partition coefficient (Wildman–Crippen LogP) is 2.48. The summed E-state index contributed by atoms with van der Waals surface area (Å²) in [7, 11) is 1.59. The number of ether oxygens (including phenoxy) is 1. The molecule has 1 amide bonds. The molecule has 128 valence electrons. The largest absolute Gasteiger partial charge is 0.497 e. The van der Waals surface area contributed by atoms with E-state index in [4.69, 9.17) is 4.74 Å². The highest BCUT2D eigenvalue weighted by Crippen LogP contribution is 2.15. The summed E-state index contributed by atoms with van der Waals surface area (Å²) in [5, 5.41) is 3.26. The Labute approximate surface area is 152 Å². The number of amides is 1. The number of aromatic nitrogens is 2. The maximum atomic E-state index is 12.5. The van der Waals surface area contributed by atoms with Crippen molar-refractivity contribution < 1.29 is 9.53 Å². The maximum absolute atomic E-state index is 12.5. The average Bonchev–Trinajstić information content (AvgIpc) is 2.63. The van der Waals surface area contributed by atoms with Crippen LogP contribution in [0.15, 0.2) is 58.1 Å². The van der Waals surface area contributed by atoms with Gasteiger partial charge in [-0.25, -0.2) is 4.98 Å². The second-order valence-electron chi connectivity index (χ2n) is 5.47. The van der Waals surface area contributed by atoms with Gasteiger partial charge in [0.05, 0.1) is 24.3 Å². The van der Waals surface area contributed by atoms with Crippen LogP contribution in [0.2, 0.25) is 0 Å². The summed E-state index contributed by atoms with van der Waals surface area (Å²) in [5.74, 6) is 0.466. The minimum absolute atomic E-state index is 0.0851. The van der Waals surface area contributed by atoms with Crippen LogP contribution in [0.5, 0.6) is 5.75 Å². The number of fused-ring (bicyclic) bond motifs is 1. The van der Waals surface area contributed by atoms with Crippen LogP contribution in [0.25, 0.3) is 10.9 Å². The van der Waals surface area contributed by atoms with Gasteiger partial charge >= 0.3 is 0 Å². The predicted molar refractivity (Wildman–Crippen MR) is 98.5 cm³/mol. The van der Waals surface area contributed by atoms with Gasteiger partial charge in [0.1, 0.15) is 12.3 Å². The van der Waals surface area contributed by atoms with E-state index in [2.05, 4.69) is 26.2 Å². The van der Waals surface area contributed by atoms with Crippen molar-refractivity contribution in [2.45, 2.75) is 13.1 Å². The van der Waals surface area contributed by atoms with Gasteiger partial charge in [-0.2, -0.15) is 0 Å². The average molecular weight is 402 g/mol. The number of carbonyl (C=O) groups is 1. The number of halogens is 1. The highest BCUT2D eigenvalue weighted by atomic mass is 79.9. The summed E-state index contributed by atoms with van der Waals surface area (Å²) in [6.45, 7) is 0.273. The molecule has 0 spiro atoms. The first-order valence-corrected chi connectivity index (χ1v) is 8.40. The second kappa shape index (κ2) is 7.48. The van der Waals surface area contributed by atoms with Gasteiger partial charge in [-0.15, -0.1) is 0 Å². The molecule has 3 rings (SSSR count). The van der Waals surface area contributed by atoms with Crippen molar-refractivity contribution >= 4 is 32.7 Å². The topological polar surface area (TPSA) is 73.2 Å². The van der Waals surface area contributed by atoms with E-state index in [-0.39, 0.29) is 18.0 Å². The standard InChI is InChI=1S/C18H16BrN3O3/c1-25-14-4-2-3-12(7-14)9-20-17(23)10-22-11-21-16-6-5-13(19)8-15(16)18(22)24/h2-8,11H,9-10H2,1H3,(H,20,23). The molecule has 3 aromatic rings. The number of hydrogen-bond acceptors (Lipinski definition) is 4. The molecule has 0 radical (unpaired) electrons. The van der Waals surface area contributed by atoms with Gasteiger partial charge in [0.2, 0.25) is 5.91 Å². The number of nitrogens with one attached hydrogen (secondary N) is 1. The third-order valence-corrected chi connectivity index (χ3v) is 4.22. The van der Waals surface area contributed by atoms with Crippen LogP contribution in [-0.2, 0) is 17.9 Å². The number of benzene rings is 2. The SMILES string of the molecule is COc1cccc(CNC(=O)Cn2cnc3ccc(Br)cc3c2=O)c1. The molecule has 0 bridgehead atoms. The van der Waals surface area contributed by atoms with Crippen LogP contribution in [-0.4, -0.2) is 22.6 Å². The zero-order chi connectivity index (χ0) is 17.8. The molecule has 0 saturated heterocycles. The molecule has 1 N–H and O–H groups in total. The molecule has 7 heteroatoms. The summed E-state index contributed by atoms with van der Waals surface area (Å²) >= 11 is 3.34. The number of hydrogen-bond donors (Lipinski definition) is 1. The van der Waals surface area contributed by atoms with Crippen LogP contribution < -0.4 is 15.6 Å². The molecule has 0 atom stereocenters. The van der Waals surface area contributed by atoms with Gasteiger partial charge in [0.15, 0.2) is 0 Å². The Balaban J connectivity index is 1.71. The molecule has 1 aromatic heterocycles. The molecule has 0 saturated carbocycles. The van der Waals surface area contributed by atoms with Crippen molar-refractivity contribution in [3.8, 4) is 5.75 Å². The van der Waals surface area contributed by atoms with Gasteiger partial charge in [-0.1, -0.05) is 28.1 Å². The van der Waals surface area contributed by atoms with Crippen LogP contribution in [0.4, 0.5) is 0 Å². The fourth-order valence-electron chi connectivity index (χ4n) is 2.44. The van der Waals surface area contributed by atoms with E-state index in [1.807, 2.05) is 30.3 Å². The summed E-state index contributed by atoms with van der Waals surface area (Å²) in [5.41, 5.74) is 1.27. The quantitative estimate of drug-likeness (QED) is 0.712. The number of rotatable bonds is 5. The van der Waals surface area contributed by atoms with Gasteiger partial charge in [0.25, 0.3) is 5.56 Å². The maximum Gasteiger partial charge on any atom is 0.261 e. The number of carbonyl (C=O) groups excluding carboxylic acids is 1. The van der Waals surface area contributed by atoms with E-state index >= 15 is 0 Å². The van der Waals surface area contributed by atoms with Crippen molar-refractivity contribution in [3.63, 3.8) is 0 Å². The normalized spacial score (nSPS) is 10.6. The van der Waals surface area contributed by atoms with Crippen LogP contribution in [0.1, 0.15) is 5.56 Å². The Bertz CT molecular complexity index is 985. The Morgan fingerprint density at radius 3 is 2.92 bits per heavy atom. The molecule has 6 nitrogen and oxygen atoms in total. The molecule has 2 aromatic carbocycles. The fourth-order valence-corrected chi connectivity index (χ4v) is 2.80. The Hall–Kier alpha value is -2.67. The smallest absolute Gasteiger partial charge is 0.261 e. The van der Waals surface area contributed by atoms with E-state index in [1.54, 1.807) is 19.2 Å². The van der Waals surface area contributed by atoms with Crippen LogP contribution in [0.3, 0.4) is 0 Å². The molecule has 0 aliphatic rings. The number of methoxy groups -OCH3 is 1. The van der Waals surface area contributed by atoms with Gasteiger partial charge in [-0.3, -0.25) is 14.2 Å². The Kier molecular flexibility index (Phi) is 5.14. The molecule has 0 aliphatic carbocycles.